The maximum absolute atomic E-state index is 10.3. The van der Waals surface area contributed by atoms with Crippen molar-refractivity contribution in [1.29, 1.82) is 0 Å². The molecule has 0 aromatic heterocycles. The van der Waals surface area contributed by atoms with Crippen LogP contribution in [-0.4, -0.2) is 18.2 Å². The van der Waals surface area contributed by atoms with Crippen LogP contribution in [0.25, 0.3) is 0 Å². The number of carbonyl (C=O) groups is 1. The Labute approximate surface area is 59.4 Å². The lowest BCUT2D eigenvalue weighted by Crippen LogP contribution is -2.20. The quantitative estimate of drug-likeness (QED) is 0.449. The molecule has 0 aromatic rings. The number of allylic oxidation sites excluding steroid dienone is 1. The first kappa shape index (κ1) is 8.97. The first-order chi connectivity index (χ1) is 4.59. The van der Waals surface area contributed by atoms with Gasteiger partial charge < -0.3 is 5.11 Å². The standard InChI is InChI=1S/C6H11NO3/c1-4(2)5(6(8)9)7-10-3/h7H,1-3H3,(H,8,9). The van der Waals surface area contributed by atoms with Gasteiger partial charge in [0, 0.05) is 0 Å². The fraction of sp³-hybridized carbons (Fsp3) is 0.500. The van der Waals surface area contributed by atoms with Gasteiger partial charge >= 0.3 is 5.97 Å². The normalized spacial score (nSPS) is 8.70. The number of carboxylic acids is 1. The Morgan fingerprint density at radius 2 is 2.00 bits per heavy atom. The number of hydrogen-bond donors (Lipinski definition) is 2. The molecule has 0 aliphatic rings. The molecular formula is C6H11NO3. The van der Waals surface area contributed by atoms with Crippen LogP contribution in [0.5, 0.6) is 0 Å². The number of rotatable bonds is 3. The Morgan fingerprint density at radius 3 is 2.10 bits per heavy atom. The summed E-state index contributed by atoms with van der Waals surface area (Å²) in [6.45, 7) is 3.38. The fourth-order valence-electron chi connectivity index (χ4n) is 0.462. The van der Waals surface area contributed by atoms with Crippen molar-refractivity contribution in [2.45, 2.75) is 13.8 Å². The Hall–Kier alpha value is -1.03. The second-order valence-corrected chi connectivity index (χ2v) is 1.99. The molecule has 0 saturated heterocycles. The van der Waals surface area contributed by atoms with Crippen LogP contribution in [0.2, 0.25) is 0 Å². The van der Waals surface area contributed by atoms with Crippen molar-refractivity contribution >= 4 is 5.97 Å². The SMILES string of the molecule is CONC(C(=O)O)=C(C)C. The van der Waals surface area contributed by atoms with E-state index in [2.05, 4.69) is 10.3 Å². The average Bonchev–Trinajstić information content (AvgIpc) is 1.81. The van der Waals surface area contributed by atoms with Crippen molar-refractivity contribution in [3.63, 3.8) is 0 Å². The van der Waals surface area contributed by atoms with Crippen LogP contribution >= 0.6 is 0 Å². The zero-order valence-corrected chi connectivity index (χ0v) is 6.26. The second kappa shape index (κ2) is 3.90. The van der Waals surface area contributed by atoms with E-state index >= 15 is 0 Å². The summed E-state index contributed by atoms with van der Waals surface area (Å²) in [7, 11) is 1.37. The van der Waals surface area contributed by atoms with E-state index in [1.807, 2.05) is 0 Å². The van der Waals surface area contributed by atoms with Crippen LogP contribution in [-0.2, 0) is 9.63 Å². The topological polar surface area (TPSA) is 58.6 Å². The highest BCUT2D eigenvalue weighted by Crippen LogP contribution is 1.98. The zero-order chi connectivity index (χ0) is 8.15. The lowest BCUT2D eigenvalue weighted by Gasteiger charge is -2.04. The molecular weight excluding hydrogens is 134 g/mol. The molecule has 0 saturated carbocycles. The molecule has 0 aliphatic carbocycles. The van der Waals surface area contributed by atoms with E-state index in [0.717, 1.165) is 0 Å². The molecule has 0 rings (SSSR count). The summed E-state index contributed by atoms with van der Waals surface area (Å²) in [6, 6.07) is 0. The molecule has 0 bridgehead atoms. The average molecular weight is 145 g/mol. The Morgan fingerprint density at radius 1 is 1.50 bits per heavy atom. The lowest BCUT2D eigenvalue weighted by atomic mass is 10.3. The molecule has 0 unspecified atom stereocenters. The molecule has 0 amide bonds. The third-order valence-electron chi connectivity index (χ3n) is 0.918. The predicted molar refractivity (Wildman–Crippen MR) is 36.2 cm³/mol. The molecule has 0 radical (unpaired) electrons. The van der Waals surface area contributed by atoms with Crippen LogP contribution in [0.1, 0.15) is 13.8 Å². The van der Waals surface area contributed by atoms with Gasteiger partial charge in [-0.25, -0.2) is 4.79 Å². The van der Waals surface area contributed by atoms with Crippen LogP contribution in [0.15, 0.2) is 11.3 Å². The van der Waals surface area contributed by atoms with Gasteiger partial charge in [-0.05, 0) is 19.4 Å². The first-order valence-corrected chi connectivity index (χ1v) is 2.79. The number of hydroxylamine groups is 1. The number of nitrogens with one attached hydrogen (secondary N) is 1. The highest BCUT2D eigenvalue weighted by molar-refractivity contribution is 5.86. The summed E-state index contributed by atoms with van der Waals surface area (Å²) < 4.78 is 0. The third-order valence-corrected chi connectivity index (χ3v) is 0.918. The Bertz CT molecular complexity index is 158. The molecule has 0 spiro atoms. The smallest absolute Gasteiger partial charge is 0.354 e. The second-order valence-electron chi connectivity index (χ2n) is 1.99. The minimum absolute atomic E-state index is 0.0856. The summed E-state index contributed by atoms with van der Waals surface area (Å²) in [5.41, 5.74) is 3.02. The molecule has 4 heteroatoms. The fourth-order valence-corrected chi connectivity index (χ4v) is 0.462. The van der Waals surface area contributed by atoms with Gasteiger partial charge in [0.2, 0.25) is 0 Å². The molecule has 0 aliphatic heterocycles. The highest BCUT2D eigenvalue weighted by Gasteiger charge is 2.06. The van der Waals surface area contributed by atoms with E-state index in [4.69, 9.17) is 5.11 Å². The molecule has 4 nitrogen and oxygen atoms in total. The van der Waals surface area contributed by atoms with E-state index in [-0.39, 0.29) is 5.70 Å². The third kappa shape index (κ3) is 2.50. The molecule has 10 heavy (non-hydrogen) atoms. The van der Waals surface area contributed by atoms with Gasteiger partial charge in [-0.15, -0.1) is 0 Å². The van der Waals surface area contributed by atoms with E-state index in [0.29, 0.717) is 5.57 Å². The Kier molecular flexibility index (Phi) is 3.49. The van der Waals surface area contributed by atoms with Crippen molar-refractivity contribution in [2.24, 2.45) is 0 Å². The van der Waals surface area contributed by atoms with Gasteiger partial charge in [0.05, 0.1) is 7.11 Å². The van der Waals surface area contributed by atoms with Crippen LogP contribution in [0.4, 0.5) is 0 Å². The maximum Gasteiger partial charge on any atom is 0.354 e. The highest BCUT2D eigenvalue weighted by atomic mass is 16.6. The summed E-state index contributed by atoms with van der Waals surface area (Å²) in [4.78, 5) is 14.8. The molecule has 0 fully saturated rings. The van der Waals surface area contributed by atoms with Crippen molar-refractivity contribution in [1.82, 2.24) is 5.48 Å². The van der Waals surface area contributed by atoms with Gasteiger partial charge in [-0.2, -0.15) is 0 Å². The molecule has 0 heterocycles. The van der Waals surface area contributed by atoms with Crippen LogP contribution in [0.3, 0.4) is 0 Å². The van der Waals surface area contributed by atoms with Crippen LogP contribution in [0, 0.1) is 0 Å². The molecule has 0 atom stereocenters. The minimum Gasteiger partial charge on any atom is -0.477 e. The summed E-state index contributed by atoms with van der Waals surface area (Å²) in [6.07, 6.45) is 0. The lowest BCUT2D eigenvalue weighted by molar-refractivity contribution is -0.134. The molecule has 0 aromatic carbocycles. The van der Waals surface area contributed by atoms with E-state index < -0.39 is 5.97 Å². The predicted octanol–water partition coefficient (Wildman–Crippen LogP) is 0.516. The van der Waals surface area contributed by atoms with Crippen molar-refractivity contribution in [3.8, 4) is 0 Å². The monoisotopic (exact) mass is 145 g/mol. The summed E-state index contributed by atoms with van der Waals surface area (Å²) in [5, 5.41) is 8.47. The maximum atomic E-state index is 10.3. The van der Waals surface area contributed by atoms with E-state index in [1.54, 1.807) is 13.8 Å². The van der Waals surface area contributed by atoms with Crippen molar-refractivity contribution in [3.05, 3.63) is 11.3 Å². The minimum atomic E-state index is -1.01. The number of carboxylic acid groups (broad SMARTS) is 1. The van der Waals surface area contributed by atoms with E-state index in [1.165, 1.54) is 7.11 Å². The van der Waals surface area contributed by atoms with Gasteiger partial charge in [0.25, 0.3) is 0 Å². The van der Waals surface area contributed by atoms with E-state index in [9.17, 15) is 4.79 Å². The van der Waals surface area contributed by atoms with Gasteiger partial charge in [0.1, 0.15) is 5.70 Å². The zero-order valence-electron chi connectivity index (χ0n) is 6.26. The summed E-state index contributed by atoms with van der Waals surface area (Å²) >= 11 is 0. The largest absolute Gasteiger partial charge is 0.477 e. The summed E-state index contributed by atoms with van der Waals surface area (Å²) in [5.74, 6) is -1.01. The first-order valence-electron chi connectivity index (χ1n) is 2.79. The van der Waals surface area contributed by atoms with Gasteiger partial charge in [-0.3, -0.25) is 10.3 Å². The molecule has 58 valence electrons. The van der Waals surface area contributed by atoms with Gasteiger partial charge in [-0.1, -0.05) is 0 Å². The van der Waals surface area contributed by atoms with Crippen LogP contribution < -0.4 is 5.48 Å². The Balaban J connectivity index is 4.28. The molecule has 2 N–H and O–H groups in total. The number of aliphatic carboxylic acids is 1. The number of hydrogen-bond acceptors (Lipinski definition) is 3. The van der Waals surface area contributed by atoms with Gasteiger partial charge in [0.15, 0.2) is 0 Å². The van der Waals surface area contributed by atoms with Crippen molar-refractivity contribution in [2.75, 3.05) is 7.11 Å². The van der Waals surface area contributed by atoms with Crippen molar-refractivity contribution < 1.29 is 14.7 Å².